The highest BCUT2D eigenvalue weighted by Crippen LogP contribution is 2.26. The van der Waals surface area contributed by atoms with Crippen LogP contribution in [0.2, 0.25) is 0 Å². The van der Waals surface area contributed by atoms with Gasteiger partial charge in [0.1, 0.15) is 5.75 Å². The molecule has 4 nitrogen and oxygen atoms in total. The van der Waals surface area contributed by atoms with E-state index in [0.717, 1.165) is 23.9 Å². The molecule has 2 N–H and O–H groups in total. The summed E-state index contributed by atoms with van der Waals surface area (Å²) in [4.78, 5) is 11.6. The maximum absolute atomic E-state index is 11.6. The average Bonchev–Trinajstić information content (AvgIpc) is 3.28. The van der Waals surface area contributed by atoms with Gasteiger partial charge in [-0.1, -0.05) is 19.4 Å². The lowest BCUT2D eigenvalue weighted by Gasteiger charge is -2.10. The minimum Gasteiger partial charge on any atom is -0.483 e. The molecule has 0 bridgehead atoms. The molecular formula is C16H23BrN2O2. The molecule has 0 aliphatic heterocycles. The zero-order chi connectivity index (χ0) is 15.1. The fraction of sp³-hybridized carbons (Fsp3) is 0.562. The highest BCUT2D eigenvalue weighted by Gasteiger charge is 2.20. The molecule has 0 saturated heterocycles. The molecule has 116 valence electrons. The number of carbonyl (C=O) groups excluding carboxylic acids is 1. The van der Waals surface area contributed by atoms with Crippen LogP contribution in [0, 0.1) is 0 Å². The molecule has 2 rings (SSSR count). The zero-order valence-corrected chi connectivity index (χ0v) is 14.0. The maximum Gasteiger partial charge on any atom is 0.257 e. The Balaban J connectivity index is 1.75. The van der Waals surface area contributed by atoms with E-state index in [1.54, 1.807) is 0 Å². The van der Waals surface area contributed by atoms with Crippen molar-refractivity contribution in [3.8, 4) is 5.75 Å². The molecule has 0 radical (unpaired) electrons. The fourth-order valence-corrected chi connectivity index (χ4v) is 2.46. The minimum atomic E-state index is -0.0742. The Morgan fingerprint density at radius 1 is 1.43 bits per heavy atom. The number of hydrogen-bond acceptors (Lipinski definition) is 3. The number of ether oxygens (including phenoxy) is 1. The van der Waals surface area contributed by atoms with Crippen LogP contribution in [0.3, 0.4) is 0 Å². The van der Waals surface area contributed by atoms with Gasteiger partial charge in [0.2, 0.25) is 0 Å². The first-order valence-corrected chi connectivity index (χ1v) is 8.39. The molecule has 1 aliphatic rings. The highest BCUT2D eigenvalue weighted by molar-refractivity contribution is 9.10. The number of amides is 1. The van der Waals surface area contributed by atoms with Crippen LogP contribution in [-0.2, 0) is 11.3 Å². The molecular weight excluding hydrogens is 332 g/mol. The van der Waals surface area contributed by atoms with Crippen molar-refractivity contribution in [3.05, 3.63) is 28.2 Å². The van der Waals surface area contributed by atoms with E-state index in [1.165, 1.54) is 18.4 Å². The Morgan fingerprint density at radius 3 is 2.90 bits per heavy atom. The van der Waals surface area contributed by atoms with Crippen molar-refractivity contribution in [2.45, 2.75) is 45.2 Å². The molecule has 0 heterocycles. The van der Waals surface area contributed by atoms with Gasteiger partial charge >= 0.3 is 0 Å². The second-order valence-electron chi connectivity index (χ2n) is 5.41. The lowest BCUT2D eigenvalue weighted by atomic mass is 10.2. The van der Waals surface area contributed by atoms with Crippen LogP contribution in [0.25, 0.3) is 0 Å². The molecule has 0 aromatic heterocycles. The van der Waals surface area contributed by atoms with Crippen LogP contribution < -0.4 is 15.4 Å². The Hall–Kier alpha value is -1.07. The summed E-state index contributed by atoms with van der Waals surface area (Å²) >= 11 is 3.50. The second-order valence-corrected chi connectivity index (χ2v) is 6.27. The number of benzene rings is 1. The van der Waals surface area contributed by atoms with Gasteiger partial charge in [-0.15, -0.1) is 0 Å². The Kier molecular flexibility index (Phi) is 6.51. The summed E-state index contributed by atoms with van der Waals surface area (Å²) in [7, 11) is 0. The molecule has 1 aliphatic carbocycles. The van der Waals surface area contributed by atoms with E-state index >= 15 is 0 Å². The SMILES string of the molecule is CCCCNC(=O)COc1ccc(CNC2CC2)cc1Br. The third kappa shape index (κ3) is 6.06. The monoisotopic (exact) mass is 354 g/mol. The molecule has 1 aromatic rings. The van der Waals surface area contributed by atoms with Crippen LogP contribution in [0.4, 0.5) is 0 Å². The van der Waals surface area contributed by atoms with E-state index in [1.807, 2.05) is 18.2 Å². The fourth-order valence-electron chi connectivity index (χ4n) is 1.92. The van der Waals surface area contributed by atoms with Crippen molar-refractivity contribution in [1.82, 2.24) is 10.6 Å². The van der Waals surface area contributed by atoms with Gasteiger partial charge in [0, 0.05) is 19.1 Å². The summed E-state index contributed by atoms with van der Waals surface area (Å²) in [6.45, 7) is 3.74. The summed E-state index contributed by atoms with van der Waals surface area (Å²) in [5.41, 5.74) is 1.22. The van der Waals surface area contributed by atoms with Crippen molar-refractivity contribution < 1.29 is 9.53 Å². The van der Waals surface area contributed by atoms with E-state index in [0.29, 0.717) is 18.3 Å². The minimum absolute atomic E-state index is 0.0575. The molecule has 21 heavy (non-hydrogen) atoms. The Labute approximate surface area is 134 Å². The van der Waals surface area contributed by atoms with Crippen molar-refractivity contribution in [3.63, 3.8) is 0 Å². The normalized spacial score (nSPS) is 14.0. The van der Waals surface area contributed by atoms with Crippen molar-refractivity contribution >= 4 is 21.8 Å². The van der Waals surface area contributed by atoms with Crippen molar-refractivity contribution in [2.24, 2.45) is 0 Å². The van der Waals surface area contributed by atoms with Crippen LogP contribution in [-0.4, -0.2) is 25.1 Å². The van der Waals surface area contributed by atoms with Gasteiger partial charge in [0.25, 0.3) is 5.91 Å². The largest absolute Gasteiger partial charge is 0.483 e. The number of rotatable bonds is 9. The third-order valence-corrected chi connectivity index (χ3v) is 4.00. The number of nitrogens with one attached hydrogen (secondary N) is 2. The highest BCUT2D eigenvalue weighted by atomic mass is 79.9. The summed E-state index contributed by atoms with van der Waals surface area (Å²) in [6, 6.07) is 6.68. The van der Waals surface area contributed by atoms with Crippen LogP contribution in [0.5, 0.6) is 5.75 Å². The molecule has 1 aromatic carbocycles. The topological polar surface area (TPSA) is 50.4 Å². The van der Waals surface area contributed by atoms with Gasteiger partial charge < -0.3 is 15.4 Å². The molecule has 0 unspecified atom stereocenters. The van der Waals surface area contributed by atoms with Gasteiger partial charge in [0.15, 0.2) is 6.61 Å². The predicted molar refractivity (Wildman–Crippen MR) is 87.4 cm³/mol. The van der Waals surface area contributed by atoms with E-state index in [2.05, 4.69) is 33.5 Å². The summed E-state index contributed by atoms with van der Waals surface area (Å²) in [5.74, 6) is 0.630. The first-order valence-electron chi connectivity index (χ1n) is 7.60. The molecule has 1 saturated carbocycles. The first-order chi connectivity index (χ1) is 10.2. The van der Waals surface area contributed by atoms with Crippen molar-refractivity contribution in [2.75, 3.05) is 13.2 Å². The number of halogens is 1. The van der Waals surface area contributed by atoms with Gasteiger partial charge in [-0.2, -0.15) is 0 Å². The van der Waals surface area contributed by atoms with E-state index in [9.17, 15) is 4.79 Å². The third-order valence-electron chi connectivity index (χ3n) is 3.38. The quantitative estimate of drug-likeness (QED) is 0.670. The van der Waals surface area contributed by atoms with Crippen LogP contribution in [0.15, 0.2) is 22.7 Å². The smallest absolute Gasteiger partial charge is 0.257 e. The lowest BCUT2D eigenvalue weighted by Crippen LogP contribution is -2.29. The number of carbonyl (C=O) groups is 1. The molecule has 1 fully saturated rings. The van der Waals surface area contributed by atoms with Crippen LogP contribution in [0.1, 0.15) is 38.2 Å². The Bertz CT molecular complexity index is 475. The molecule has 5 heteroatoms. The van der Waals surface area contributed by atoms with E-state index in [4.69, 9.17) is 4.74 Å². The molecule has 0 atom stereocenters. The summed E-state index contributed by atoms with van der Waals surface area (Å²) in [5, 5.41) is 6.31. The van der Waals surface area contributed by atoms with Gasteiger partial charge in [-0.25, -0.2) is 0 Å². The molecule has 0 spiro atoms. The van der Waals surface area contributed by atoms with E-state index in [-0.39, 0.29) is 12.5 Å². The van der Waals surface area contributed by atoms with Gasteiger partial charge in [-0.05, 0) is 52.9 Å². The van der Waals surface area contributed by atoms with Crippen molar-refractivity contribution in [1.29, 1.82) is 0 Å². The van der Waals surface area contributed by atoms with Gasteiger partial charge in [-0.3, -0.25) is 4.79 Å². The van der Waals surface area contributed by atoms with Gasteiger partial charge in [0.05, 0.1) is 4.47 Å². The number of hydrogen-bond donors (Lipinski definition) is 2. The standard InChI is InChI=1S/C16H23BrN2O2/c1-2-3-8-18-16(20)11-21-15-7-4-12(9-14(15)17)10-19-13-5-6-13/h4,7,9,13,19H,2-3,5-6,8,10-11H2,1H3,(H,18,20). The number of unbranched alkanes of at least 4 members (excludes halogenated alkanes) is 1. The second kappa shape index (κ2) is 8.39. The first kappa shape index (κ1) is 16.3. The average molecular weight is 355 g/mol. The lowest BCUT2D eigenvalue weighted by molar-refractivity contribution is -0.123. The zero-order valence-electron chi connectivity index (χ0n) is 12.5. The molecule has 1 amide bonds. The maximum atomic E-state index is 11.6. The Morgan fingerprint density at radius 2 is 2.24 bits per heavy atom. The summed E-state index contributed by atoms with van der Waals surface area (Å²) < 4.78 is 6.43. The van der Waals surface area contributed by atoms with Crippen LogP contribution >= 0.6 is 15.9 Å². The summed E-state index contributed by atoms with van der Waals surface area (Å²) in [6.07, 6.45) is 4.65. The van der Waals surface area contributed by atoms with E-state index < -0.39 is 0 Å². The predicted octanol–water partition coefficient (Wildman–Crippen LogP) is 3.00.